The van der Waals surface area contributed by atoms with Gasteiger partial charge in [-0.15, -0.1) is 0 Å². The highest BCUT2D eigenvalue weighted by Crippen LogP contribution is 2.24. The van der Waals surface area contributed by atoms with E-state index in [-0.39, 0.29) is 18.0 Å². The molecule has 0 N–H and O–H groups in total. The molecular formula is C17H24FNO2. The van der Waals surface area contributed by atoms with Crippen molar-refractivity contribution >= 4 is 6.09 Å². The minimum Gasteiger partial charge on any atom is -0.444 e. The fourth-order valence-corrected chi connectivity index (χ4v) is 2.72. The van der Waals surface area contributed by atoms with E-state index in [2.05, 4.69) is 0 Å². The molecule has 0 spiro atoms. The van der Waals surface area contributed by atoms with Crippen molar-refractivity contribution in [3.8, 4) is 0 Å². The molecule has 0 bridgehead atoms. The lowest BCUT2D eigenvalue weighted by molar-refractivity contribution is 0.0220. The van der Waals surface area contributed by atoms with Crippen LogP contribution in [0.3, 0.4) is 0 Å². The SMILES string of the molecule is CC(C)(C)OC(=O)N1CCC[C@@H]1CCc1cccc(F)c1. The van der Waals surface area contributed by atoms with E-state index >= 15 is 0 Å². The summed E-state index contributed by atoms with van der Waals surface area (Å²) in [5.41, 5.74) is 0.512. The van der Waals surface area contributed by atoms with Gasteiger partial charge in [-0.1, -0.05) is 12.1 Å². The number of hydrogen-bond acceptors (Lipinski definition) is 2. The third-order valence-corrected chi connectivity index (χ3v) is 3.66. The highest BCUT2D eigenvalue weighted by molar-refractivity contribution is 5.68. The van der Waals surface area contributed by atoms with Crippen LogP contribution in [-0.2, 0) is 11.2 Å². The first kappa shape index (κ1) is 15.8. The summed E-state index contributed by atoms with van der Waals surface area (Å²) in [7, 11) is 0. The molecule has 1 heterocycles. The van der Waals surface area contributed by atoms with E-state index < -0.39 is 5.60 Å². The number of carbonyl (C=O) groups excluding carboxylic acids is 1. The van der Waals surface area contributed by atoms with Crippen LogP contribution in [0, 0.1) is 5.82 Å². The molecule has 3 nitrogen and oxygen atoms in total. The van der Waals surface area contributed by atoms with Crippen molar-refractivity contribution in [2.75, 3.05) is 6.54 Å². The number of amides is 1. The van der Waals surface area contributed by atoms with E-state index in [9.17, 15) is 9.18 Å². The number of aryl methyl sites for hydroxylation is 1. The summed E-state index contributed by atoms with van der Waals surface area (Å²) in [6, 6.07) is 6.86. The van der Waals surface area contributed by atoms with Crippen LogP contribution in [0.25, 0.3) is 0 Å². The van der Waals surface area contributed by atoms with Crippen LogP contribution in [-0.4, -0.2) is 29.2 Å². The zero-order valence-electron chi connectivity index (χ0n) is 13.1. The molecule has 0 aromatic heterocycles. The fourth-order valence-electron chi connectivity index (χ4n) is 2.72. The first-order valence-electron chi connectivity index (χ1n) is 7.59. The molecular weight excluding hydrogens is 269 g/mol. The zero-order valence-corrected chi connectivity index (χ0v) is 13.1. The molecule has 0 aliphatic carbocycles. The lowest BCUT2D eigenvalue weighted by Crippen LogP contribution is -2.40. The first-order valence-corrected chi connectivity index (χ1v) is 7.59. The van der Waals surface area contributed by atoms with Gasteiger partial charge in [0.15, 0.2) is 0 Å². The summed E-state index contributed by atoms with van der Waals surface area (Å²) >= 11 is 0. The molecule has 0 unspecified atom stereocenters. The van der Waals surface area contributed by atoms with Crippen LogP contribution >= 0.6 is 0 Å². The Morgan fingerprint density at radius 2 is 2.19 bits per heavy atom. The van der Waals surface area contributed by atoms with Gasteiger partial charge in [-0.25, -0.2) is 9.18 Å². The van der Waals surface area contributed by atoms with Crippen LogP contribution in [0.1, 0.15) is 45.6 Å². The van der Waals surface area contributed by atoms with Gasteiger partial charge in [0.1, 0.15) is 11.4 Å². The normalized spacial score (nSPS) is 18.9. The second-order valence-electron chi connectivity index (χ2n) is 6.64. The molecule has 21 heavy (non-hydrogen) atoms. The maximum atomic E-state index is 13.2. The molecule has 1 amide bonds. The molecule has 1 fully saturated rings. The number of nitrogens with zero attached hydrogens (tertiary/aromatic N) is 1. The number of ether oxygens (including phenoxy) is 1. The van der Waals surface area contributed by atoms with E-state index in [0.29, 0.717) is 0 Å². The maximum Gasteiger partial charge on any atom is 0.410 e. The standard InChI is InChI=1S/C17H24FNO2/c1-17(2,3)21-16(20)19-11-5-8-15(19)10-9-13-6-4-7-14(18)12-13/h4,6-7,12,15H,5,8-11H2,1-3H3/t15-/m1/s1. The Kier molecular flexibility index (Phi) is 4.86. The summed E-state index contributed by atoms with van der Waals surface area (Å²) in [5.74, 6) is -0.206. The second-order valence-corrected chi connectivity index (χ2v) is 6.64. The van der Waals surface area contributed by atoms with Crippen LogP contribution in [0.4, 0.5) is 9.18 Å². The van der Waals surface area contributed by atoms with Gasteiger partial charge in [-0.05, 0) is 64.2 Å². The van der Waals surface area contributed by atoms with Crippen molar-refractivity contribution in [2.24, 2.45) is 0 Å². The topological polar surface area (TPSA) is 29.5 Å². The molecule has 0 radical (unpaired) electrons. The summed E-state index contributed by atoms with van der Waals surface area (Å²) in [6.07, 6.45) is 3.40. The van der Waals surface area contributed by atoms with E-state index in [1.54, 1.807) is 12.1 Å². The summed E-state index contributed by atoms with van der Waals surface area (Å²) in [6.45, 7) is 6.39. The predicted molar refractivity (Wildman–Crippen MR) is 80.7 cm³/mol. The van der Waals surface area contributed by atoms with Crippen molar-refractivity contribution in [1.82, 2.24) is 4.90 Å². The number of hydrogen-bond donors (Lipinski definition) is 0. The van der Waals surface area contributed by atoms with Gasteiger partial charge in [0.25, 0.3) is 0 Å². The minimum atomic E-state index is -0.465. The van der Waals surface area contributed by atoms with E-state index in [1.165, 1.54) is 6.07 Å². The zero-order chi connectivity index (χ0) is 15.5. The van der Waals surface area contributed by atoms with Crippen molar-refractivity contribution in [3.63, 3.8) is 0 Å². The van der Waals surface area contributed by atoms with Crippen LogP contribution in [0.5, 0.6) is 0 Å². The maximum absolute atomic E-state index is 13.2. The van der Waals surface area contributed by atoms with Gasteiger partial charge in [-0.2, -0.15) is 0 Å². The Hall–Kier alpha value is -1.58. The van der Waals surface area contributed by atoms with Crippen molar-refractivity contribution in [3.05, 3.63) is 35.6 Å². The Morgan fingerprint density at radius 3 is 2.86 bits per heavy atom. The lowest BCUT2D eigenvalue weighted by atomic mass is 10.0. The highest BCUT2D eigenvalue weighted by Gasteiger charge is 2.31. The summed E-state index contributed by atoms with van der Waals surface area (Å²) < 4.78 is 18.6. The average Bonchev–Trinajstić information content (AvgIpc) is 2.83. The van der Waals surface area contributed by atoms with Gasteiger partial charge in [0.05, 0.1) is 0 Å². The highest BCUT2D eigenvalue weighted by atomic mass is 19.1. The Labute approximate surface area is 126 Å². The Bertz CT molecular complexity index is 496. The molecule has 1 aliphatic rings. The van der Waals surface area contributed by atoms with Crippen molar-refractivity contribution in [1.29, 1.82) is 0 Å². The van der Waals surface area contributed by atoms with E-state index in [4.69, 9.17) is 4.74 Å². The third-order valence-electron chi connectivity index (χ3n) is 3.66. The monoisotopic (exact) mass is 293 g/mol. The van der Waals surface area contributed by atoms with Crippen molar-refractivity contribution in [2.45, 2.75) is 58.1 Å². The second kappa shape index (κ2) is 6.46. The van der Waals surface area contributed by atoms with Crippen LogP contribution < -0.4 is 0 Å². The van der Waals surface area contributed by atoms with Gasteiger partial charge in [0.2, 0.25) is 0 Å². The van der Waals surface area contributed by atoms with E-state index in [1.807, 2.05) is 31.7 Å². The number of likely N-dealkylation sites (tertiary alicyclic amines) is 1. The van der Waals surface area contributed by atoms with Crippen LogP contribution in [0.2, 0.25) is 0 Å². The van der Waals surface area contributed by atoms with Crippen molar-refractivity contribution < 1.29 is 13.9 Å². The number of rotatable bonds is 3. The van der Waals surface area contributed by atoms with Crippen LogP contribution in [0.15, 0.2) is 24.3 Å². The van der Waals surface area contributed by atoms with Gasteiger partial charge < -0.3 is 9.64 Å². The number of halogens is 1. The first-order chi connectivity index (χ1) is 9.85. The molecule has 1 aromatic carbocycles. The van der Waals surface area contributed by atoms with Gasteiger partial charge in [0, 0.05) is 12.6 Å². The fraction of sp³-hybridized carbons (Fsp3) is 0.588. The quantitative estimate of drug-likeness (QED) is 0.837. The summed E-state index contributed by atoms with van der Waals surface area (Å²) in [5, 5.41) is 0. The molecule has 116 valence electrons. The molecule has 1 atom stereocenters. The number of benzene rings is 1. The molecule has 0 saturated carbocycles. The smallest absolute Gasteiger partial charge is 0.410 e. The minimum absolute atomic E-state index is 0.197. The molecule has 1 aromatic rings. The average molecular weight is 293 g/mol. The summed E-state index contributed by atoms with van der Waals surface area (Å²) in [4.78, 5) is 14.0. The molecule has 4 heteroatoms. The number of carbonyl (C=O) groups is 1. The van der Waals surface area contributed by atoms with E-state index in [0.717, 1.165) is 37.8 Å². The lowest BCUT2D eigenvalue weighted by Gasteiger charge is -2.28. The molecule has 1 saturated heterocycles. The Morgan fingerprint density at radius 1 is 1.43 bits per heavy atom. The molecule has 2 rings (SSSR count). The third kappa shape index (κ3) is 4.73. The predicted octanol–water partition coefficient (Wildman–Crippen LogP) is 4.16. The van der Waals surface area contributed by atoms with Gasteiger partial charge >= 0.3 is 6.09 Å². The Balaban J connectivity index is 1.91. The van der Waals surface area contributed by atoms with Gasteiger partial charge in [-0.3, -0.25) is 0 Å². The molecule has 1 aliphatic heterocycles. The largest absolute Gasteiger partial charge is 0.444 e.